The molecule has 0 fully saturated rings. The van der Waals surface area contributed by atoms with Crippen molar-refractivity contribution in [1.82, 2.24) is 10.2 Å². The number of benzene rings is 2. The Morgan fingerprint density at radius 1 is 1.03 bits per heavy atom. The van der Waals surface area contributed by atoms with Crippen molar-refractivity contribution in [1.29, 1.82) is 0 Å². The number of fused-ring (bicyclic) bond motifs is 2. The first-order valence-corrected chi connectivity index (χ1v) is 9.84. The summed E-state index contributed by atoms with van der Waals surface area (Å²) in [7, 11) is 5.97. The van der Waals surface area contributed by atoms with Crippen molar-refractivity contribution >= 4 is 16.8 Å². The van der Waals surface area contributed by atoms with Crippen LogP contribution in [-0.2, 0) is 0 Å². The summed E-state index contributed by atoms with van der Waals surface area (Å²) in [5.74, 6) is 0.482. The lowest BCUT2D eigenvalue weighted by molar-refractivity contribution is 0.419. The molecule has 0 bridgehead atoms. The molecule has 2 aromatic carbocycles. The highest BCUT2D eigenvalue weighted by Gasteiger charge is 2.20. The van der Waals surface area contributed by atoms with Gasteiger partial charge >= 0.3 is 0 Å². The molecule has 6 heteroatoms. The van der Waals surface area contributed by atoms with Gasteiger partial charge in [-0.2, -0.15) is 0 Å². The first-order valence-electron chi connectivity index (χ1n) is 9.84. The lowest BCUT2D eigenvalue weighted by Crippen LogP contribution is -2.29. The van der Waals surface area contributed by atoms with Crippen LogP contribution in [0.2, 0.25) is 0 Å². The molecule has 0 amide bonds. The summed E-state index contributed by atoms with van der Waals surface area (Å²) in [6, 6.07) is 9.02. The number of nitrogens with zero attached hydrogens (tertiary/aromatic N) is 3. The number of nitrogens with one attached hydrogen (secondary N) is 1. The van der Waals surface area contributed by atoms with Gasteiger partial charge in [0, 0.05) is 28.7 Å². The van der Waals surface area contributed by atoms with Crippen LogP contribution in [0, 0.1) is 0 Å². The van der Waals surface area contributed by atoms with Crippen LogP contribution in [0.5, 0.6) is 11.5 Å². The quantitative estimate of drug-likeness (QED) is 0.660. The summed E-state index contributed by atoms with van der Waals surface area (Å²) >= 11 is 0. The summed E-state index contributed by atoms with van der Waals surface area (Å²) in [5, 5.41) is 27.4. The monoisotopic (exact) mass is 390 g/mol. The van der Waals surface area contributed by atoms with Crippen LogP contribution in [0.25, 0.3) is 16.8 Å². The molecular formula is C23H26N4O2. The van der Waals surface area contributed by atoms with Gasteiger partial charge in [0.25, 0.3) is 0 Å². The van der Waals surface area contributed by atoms with Crippen LogP contribution in [0.1, 0.15) is 18.4 Å². The summed E-state index contributed by atoms with van der Waals surface area (Å²) in [6.07, 6.45) is 3.39. The molecule has 0 aromatic heterocycles. The van der Waals surface area contributed by atoms with E-state index in [9.17, 15) is 10.2 Å². The number of rotatable bonds is 6. The Kier molecular flexibility index (Phi) is 5.22. The molecule has 3 N–H and O–H groups in total. The van der Waals surface area contributed by atoms with Crippen molar-refractivity contribution in [3.8, 4) is 11.5 Å². The predicted octanol–water partition coefficient (Wildman–Crippen LogP) is 0.225. The maximum atomic E-state index is 10.5. The summed E-state index contributed by atoms with van der Waals surface area (Å²) in [6.45, 7) is 1.65. The maximum Gasteiger partial charge on any atom is 0.125 e. The Labute approximate surface area is 169 Å². The second-order valence-corrected chi connectivity index (χ2v) is 7.66. The van der Waals surface area contributed by atoms with E-state index < -0.39 is 0 Å². The van der Waals surface area contributed by atoms with Crippen molar-refractivity contribution < 1.29 is 10.2 Å². The molecule has 2 aliphatic rings. The zero-order chi connectivity index (χ0) is 20.5. The normalized spacial score (nSPS) is 16.4. The molecule has 0 radical (unpaired) electrons. The molecule has 2 aromatic rings. The predicted molar refractivity (Wildman–Crippen MR) is 114 cm³/mol. The van der Waals surface area contributed by atoms with Gasteiger partial charge in [-0.1, -0.05) is 6.07 Å². The zero-order valence-electron chi connectivity index (χ0n) is 17.0. The largest absolute Gasteiger partial charge is 0.507 e. The minimum Gasteiger partial charge on any atom is -0.507 e. The van der Waals surface area contributed by atoms with Crippen molar-refractivity contribution in [3.63, 3.8) is 0 Å². The number of hydrogen-bond acceptors (Lipinski definition) is 6. The standard InChI is InChI=1S/C23H26N4O2/c1-24-11-9-15-21-17(5-4-6-18(21)28)26-22(15)16-7-8-19(29)20-14(10-12-27(2)3)13-25-23(16)20/h4-8,13,24,28-29H,9-12H2,1-3H3. The fourth-order valence-electron chi connectivity index (χ4n) is 3.92. The van der Waals surface area contributed by atoms with Gasteiger partial charge in [-0.25, -0.2) is 4.99 Å². The van der Waals surface area contributed by atoms with Gasteiger partial charge in [-0.15, -0.1) is 0 Å². The van der Waals surface area contributed by atoms with Gasteiger partial charge in [-0.3, -0.25) is 4.99 Å². The SMILES string of the molecule is CNCCC1=c2c(O)cccc2=NC1=c1ccc(O)c2c1=NC=C2CCN(C)C. The van der Waals surface area contributed by atoms with E-state index in [-0.39, 0.29) is 11.5 Å². The Hall–Kier alpha value is -2.96. The Morgan fingerprint density at radius 2 is 1.86 bits per heavy atom. The molecule has 4 rings (SSSR count). The van der Waals surface area contributed by atoms with Gasteiger partial charge in [0.2, 0.25) is 0 Å². The average Bonchev–Trinajstić information content (AvgIpc) is 3.28. The highest BCUT2D eigenvalue weighted by atomic mass is 16.3. The van der Waals surface area contributed by atoms with E-state index in [4.69, 9.17) is 4.99 Å². The second kappa shape index (κ2) is 7.81. The second-order valence-electron chi connectivity index (χ2n) is 7.66. The lowest BCUT2D eigenvalue weighted by atomic mass is 9.99. The number of phenolic OH excluding ortho intramolecular Hbond substituents is 2. The Bertz CT molecular complexity index is 1240. The van der Waals surface area contributed by atoms with Gasteiger partial charge in [0.15, 0.2) is 0 Å². The highest BCUT2D eigenvalue weighted by molar-refractivity contribution is 5.90. The van der Waals surface area contributed by atoms with E-state index in [0.717, 1.165) is 69.5 Å². The van der Waals surface area contributed by atoms with Crippen LogP contribution in [0.3, 0.4) is 0 Å². The minimum absolute atomic E-state index is 0.240. The topological polar surface area (TPSA) is 80.4 Å². The molecule has 0 unspecified atom stereocenters. The van der Waals surface area contributed by atoms with Gasteiger partial charge in [0.05, 0.1) is 16.4 Å². The number of hydrogen-bond donors (Lipinski definition) is 3. The molecule has 0 atom stereocenters. The lowest BCUT2D eigenvalue weighted by Gasteiger charge is -2.11. The smallest absolute Gasteiger partial charge is 0.125 e. The average molecular weight is 390 g/mol. The van der Waals surface area contributed by atoms with E-state index in [1.807, 2.05) is 45.5 Å². The van der Waals surface area contributed by atoms with Crippen LogP contribution >= 0.6 is 0 Å². The number of phenols is 2. The third-order valence-electron chi connectivity index (χ3n) is 5.38. The molecule has 0 aliphatic carbocycles. The molecule has 150 valence electrons. The minimum atomic E-state index is 0.240. The molecule has 2 heterocycles. The first-order chi connectivity index (χ1) is 14.0. The molecule has 0 spiro atoms. The molecular weight excluding hydrogens is 364 g/mol. The molecule has 0 saturated heterocycles. The van der Waals surface area contributed by atoms with E-state index in [1.165, 1.54) is 0 Å². The van der Waals surface area contributed by atoms with Crippen LogP contribution in [-0.4, -0.2) is 49.3 Å². The summed E-state index contributed by atoms with van der Waals surface area (Å²) < 4.78 is 0. The fraction of sp³-hybridized carbons (Fsp3) is 0.304. The van der Waals surface area contributed by atoms with Gasteiger partial charge in [0.1, 0.15) is 11.5 Å². The number of aromatic hydroxyl groups is 2. The molecule has 29 heavy (non-hydrogen) atoms. The zero-order valence-corrected chi connectivity index (χ0v) is 17.0. The first kappa shape index (κ1) is 19.4. The van der Waals surface area contributed by atoms with Crippen molar-refractivity contribution in [2.75, 3.05) is 34.2 Å². The molecule has 6 nitrogen and oxygen atoms in total. The van der Waals surface area contributed by atoms with Crippen molar-refractivity contribution in [2.24, 2.45) is 9.98 Å². The van der Waals surface area contributed by atoms with E-state index >= 15 is 0 Å². The van der Waals surface area contributed by atoms with E-state index in [2.05, 4.69) is 15.2 Å². The highest BCUT2D eigenvalue weighted by Crippen LogP contribution is 2.27. The maximum absolute atomic E-state index is 10.5. The van der Waals surface area contributed by atoms with Crippen LogP contribution < -0.4 is 26.5 Å². The third-order valence-corrected chi connectivity index (χ3v) is 5.38. The van der Waals surface area contributed by atoms with Gasteiger partial charge in [-0.05, 0) is 75.9 Å². The molecule has 0 saturated carbocycles. The third kappa shape index (κ3) is 3.45. The van der Waals surface area contributed by atoms with E-state index in [1.54, 1.807) is 12.1 Å². The Balaban J connectivity index is 1.95. The van der Waals surface area contributed by atoms with Crippen molar-refractivity contribution in [3.05, 3.63) is 63.2 Å². The fourth-order valence-corrected chi connectivity index (χ4v) is 3.92. The van der Waals surface area contributed by atoms with E-state index in [0.29, 0.717) is 0 Å². The van der Waals surface area contributed by atoms with Gasteiger partial charge < -0.3 is 20.4 Å². The Morgan fingerprint density at radius 3 is 2.62 bits per heavy atom. The summed E-state index contributed by atoms with van der Waals surface area (Å²) in [5.41, 5.74) is 3.64. The van der Waals surface area contributed by atoms with Crippen LogP contribution in [0.15, 0.2) is 46.5 Å². The van der Waals surface area contributed by atoms with Crippen LogP contribution in [0.4, 0.5) is 0 Å². The molecule has 2 aliphatic heterocycles. The van der Waals surface area contributed by atoms with Crippen molar-refractivity contribution in [2.45, 2.75) is 12.8 Å². The summed E-state index contributed by atoms with van der Waals surface area (Å²) in [4.78, 5) is 11.6.